The SMILES string of the molecule is Cl.NCc1ccc(-c2cccc(F)c2)cc1C(F)(F)F. The monoisotopic (exact) mass is 305 g/mol. The van der Waals surface area contributed by atoms with Gasteiger partial charge in [-0.2, -0.15) is 13.2 Å². The van der Waals surface area contributed by atoms with Crippen LogP contribution in [0.25, 0.3) is 11.1 Å². The van der Waals surface area contributed by atoms with Gasteiger partial charge in [0.2, 0.25) is 0 Å². The first-order chi connectivity index (χ1) is 8.91. The fourth-order valence-corrected chi connectivity index (χ4v) is 1.87. The van der Waals surface area contributed by atoms with Crippen molar-refractivity contribution in [2.24, 2.45) is 5.73 Å². The highest BCUT2D eigenvalue weighted by Crippen LogP contribution is 2.35. The van der Waals surface area contributed by atoms with Crippen LogP contribution in [0.1, 0.15) is 11.1 Å². The van der Waals surface area contributed by atoms with Crippen LogP contribution < -0.4 is 5.73 Å². The smallest absolute Gasteiger partial charge is 0.326 e. The Hall–Kier alpha value is -1.59. The number of benzene rings is 2. The molecule has 0 bridgehead atoms. The Bertz CT molecular complexity index is 596. The third-order valence-corrected chi connectivity index (χ3v) is 2.79. The van der Waals surface area contributed by atoms with E-state index >= 15 is 0 Å². The summed E-state index contributed by atoms with van der Waals surface area (Å²) in [5.74, 6) is -0.492. The van der Waals surface area contributed by atoms with Gasteiger partial charge in [0, 0.05) is 6.54 Å². The van der Waals surface area contributed by atoms with Gasteiger partial charge in [0.05, 0.1) is 5.56 Å². The second-order valence-electron chi connectivity index (χ2n) is 4.08. The van der Waals surface area contributed by atoms with Crippen LogP contribution in [0.5, 0.6) is 0 Å². The molecule has 2 aromatic carbocycles. The van der Waals surface area contributed by atoms with E-state index in [9.17, 15) is 17.6 Å². The predicted molar refractivity (Wildman–Crippen MR) is 72.0 cm³/mol. The molecule has 2 rings (SSSR count). The van der Waals surface area contributed by atoms with Crippen molar-refractivity contribution >= 4 is 12.4 Å². The number of nitrogens with two attached hydrogens (primary N) is 1. The molecule has 2 aromatic rings. The van der Waals surface area contributed by atoms with E-state index in [-0.39, 0.29) is 24.5 Å². The third kappa shape index (κ3) is 3.49. The van der Waals surface area contributed by atoms with Crippen molar-refractivity contribution in [3.05, 3.63) is 59.4 Å². The molecule has 6 heteroatoms. The fourth-order valence-electron chi connectivity index (χ4n) is 1.87. The summed E-state index contributed by atoms with van der Waals surface area (Å²) in [6.45, 7) is -0.196. The van der Waals surface area contributed by atoms with Gasteiger partial charge in [0.15, 0.2) is 0 Å². The molecule has 0 aromatic heterocycles. The van der Waals surface area contributed by atoms with Gasteiger partial charge in [0.25, 0.3) is 0 Å². The van der Waals surface area contributed by atoms with Crippen molar-refractivity contribution < 1.29 is 17.6 Å². The molecule has 0 fully saturated rings. The minimum atomic E-state index is -4.47. The maximum absolute atomic E-state index is 13.1. The summed E-state index contributed by atoms with van der Waals surface area (Å²) in [4.78, 5) is 0. The van der Waals surface area contributed by atoms with E-state index in [1.807, 2.05) is 0 Å². The van der Waals surface area contributed by atoms with E-state index < -0.39 is 17.6 Å². The highest BCUT2D eigenvalue weighted by atomic mass is 35.5. The van der Waals surface area contributed by atoms with Gasteiger partial charge in [0.1, 0.15) is 5.82 Å². The molecule has 0 unspecified atom stereocenters. The van der Waals surface area contributed by atoms with Gasteiger partial charge >= 0.3 is 6.18 Å². The van der Waals surface area contributed by atoms with Gasteiger partial charge < -0.3 is 5.73 Å². The first-order valence-electron chi connectivity index (χ1n) is 5.58. The van der Waals surface area contributed by atoms with E-state index in [0.29, 0.717) is 11.1 Å². The highest BCUT2D eigenvalue weighted by Gasteiger charge is 2.33. The molecular formula is C14H12ClF4N. The average molecular weight is 306 g/mol. The summed E-state index contributed by atoms with van der Waals surface area (Å²) in [5.41, 5.74) is 5.25. The van der Waals surface area contributed by atoms with Crippen LogP contribution in [0.15, 0.2) is 42.5 Å². The van der Waals surface area contributed by atoms with Gasteiger partial charge in [-0.1, -0.05) is 24.3 Å². The number of halogens is 5. The molecule has 2 N–H and O–H groups in total. The Balaban J connectivity index is 0.00000200. The van der Waals surface area contributed by atoms with Crippen molar-refractivity contribution in [3.63, 3.8) is 0 Å². The zero-order chi connectivity index (χ0) is 14.0. The van der Waals surface area contributed by atoms with E-state index in [4.69, 9.17) is 5.73 Å². The summed E-state index contributed by atoms with van der Waals surface area (Å²) in [7, 11) is 0. The predicted octanol–water partition coefficient (Wildman–Crippen LogP) is 4.39. The fraction of sp³-hybridized carbons (Fsp3) is 0.143. The Morgan fingerprint density at radius 3 is 2.15 bits per heavy atom. The van der Waals surface area contributed by atoms with Crippen LogP contribution in [0.2, 0.25) is 0 Å². The summed E-state index contributed by atoms with van der Waals surface area (Å²) >= 11 is 0. The van der Waals surface area contributed by atoms with E-state index in [1.165, 1.54) is 30.3 Å². The topological polar surface area (TPSA) is 26.0 Å². The quantitative estimate of drug-likeness (QED) is 0.818. The molecule has 0 aliphatic rings. The second kappa shape index (κ2) is 6.24. The lowest BCUT2D eigenvalue weighted by molar-refractivity contribution is -0.138. The number of alkyl halides is 3. The molecule has 0 heterocycles. The lowest BCUT2D eigenvalue weighted by atomic mass is 9.98. The molecule has 0 aliphatic heterocycles. The largest absolute Gasteiger partial charge is 0.416 e. The molecule has 108 valence electrons. The zero-order valence-corrected chi connectivity index (χ0v) is 11.1. The summed E-state index contributed by atoms with van der Waals surface area (Å²) in [6, 6.07) is 9.27. The first-order valence-corrected chi connectivity index (χ1v) is 5.58. The minimum Gasteiger partial charge on any atom is -0.326 e. The van der Waals surface area contributed by atoms with Crippen LogP contribution in [0, 0.1) is 5.82 Å². The Kier molecular flexibility index (Phi) is 5.14. The minimum absolute atomic E-state index is 0. The Morgan fingerprint density at radius 2 is 1.60 bits per heavy atom. The van der Waals surface area contributed by atoms with Crippen LogP contribution in [-0.4, -0.2) is 0 Å². The molecule has 0 amide bonds. The normalized spacial score (nSPS) is 11.1. The van der Waals surface area contributed by atoms with Crippen molar-refractivity contribution in [2.45, 2.75) is 12.7 Å². The van der Waals surface area contributed by atoms with Crippen molar-refractivity contribution in [1.29, 1.82) is 0 Å². The van der Waals surface area contributed by atoms with E-state index in [1.54, 1.807) is 6.07 Å². The average Bonchev–Trinajstić information content (AvgIpc) is 2.37. The summed E-state index contributed by atoms with van der Waals surface area (Å²) in [6.07, 6.45) is -4.47. The van der Waals surface area contributed by atoms with Crippen LogP contribution in [0.4, 0.5) is 17.6 Å². The van der Waals surface area contributed by atoms with Gasteiger partial charge in [-0.3, -0.25) is 0 Å². The molecule has 1 nitrogen and oxygen atoms in total. The standard InChI is InChI=1S/C14H11F4N.ClH/c15-12-3-1-2-9(6-12)10-4-5-11(8-19)13(7-10)14(16,17)18;/h1-7H,8,19H2;1H. The van der Waals surface area contributed by atoms with Crippen LogP contribution >= 0.6 is 12.4 Å². The molecular weight excluding hydrogens is 294 g/mol. The molecule has 0 spiro atoms. The summed E-state index contributed by atoms with van der Waals surface area (Å²) < 4.78 is 51.7. The van der Waals surface area contributed by atoms with Crippen molar-refractivity contribution in [3.8, 4) is 11.1 Å². The van der Waals surface area contributed by atoms with E-state index in [0.717, 1.165) is 6.07 Å². The Morgan fingerprint density at radius 1 is 0.950 bits per heavy atom. The van der Waals surface area contributed by atoms with Crippen molar-refractivity contribution in [2.75, 3.05) is 0 Å². The van der Waals surface area contributed by atoms with Gasteiger partial charge in [-0.25, -0.2) is 4.39 Å². The Labute approximate surface area is 119 Å². The third-order valence-electron chi connectivity index (χ3n) is 2.79. The molecule has 0 atom stereocenters. The van der Waals surface area contributed by atoms with Gasteiger partial charge in [-0.05, 0) is 34.9 Å². The lowest BCUT2D eigenvalue weighted by Crippen LogP contribution is -2.12. The highest BCUT2D eigenvalue weighted by molar-refractivity contribution is 5.85. The second-order valence-corrected chi connectivity index (χ2v) is 4.08. The zero-order valence-electron chi connectivity index (χ0n) is 10.2. The number of hydrogen-bond acceptors (Lipinski definition) is 1. The van der Waals surface area contributed by atoms with E-state index in [2.05, 4.69) is 0 Å². The van der Waals surface area contributed by atoms with Crippen molar-refractivity contribution in [1.82, 2.24) is 0 Å². The number of hydrogen-bond donors (Lipinski definition) is 1. The van der Waals surface area contributed by atoms with Gasteiger partial charge in [-0.15, -0.1) is 12.4 Å². The summed E-state index contributed by atoms with van der Waals surface area (Å²) in [5, 5.41) is 0. The molecule has 0 radical (unpaired) electrons. The maximum atomic E-state index is 13.1. The molecule has 0 saturated heterocycles. The van der Waals surface area contributed by atoms with Crippen LogP contribution in [0.3, 0.4) is 0 Å². The molecule has 0 saturated carbocycles. The van der Waals surface area contributed by atoms with Crippen LogP contribution in [-0.2, 0) is 12.7 Å². The molecule has 20 heavy (non-hydrogen) atoms. The number of rotatable bonds is 2. The lowest BCUT2D eigenvalue weighted by Gasteiger charge is -2.13. The first kappa shape index (κ1) is 16.5. The molecule has 0 aliphatic carbocycles. The maximum Gasteiger partial charge on any atom is 0.416 e.